The van der Waals surface area contributed by atoms with E-state index in [1.807, 2.05) is 0 Å². The van der Waals surface area contributed by atoms with Gasteiger partial charge in [-0.2, -0.15) is 0 Å². The summed E-state index contributed by atoms with van der Waals surface area (Å²) in [5.41, 5.74) is 1.42. The minimum atomic E-state index is 0.805. The van der Waals surface area contributed by atoms with Crippen molar-refractivity contribution in [1.82, 2.24) is 10.2 Å². The first-order valence-corrected chi connectivity index (χ1v) is 6.76. The van der Waals surface area contributed by atoms with E-state index in [4.69, 9.17) is 0 Å². The van der Waals surface area contributed by atoms with Crippen molar-refractivity contribution >= 4 is 0 Å². The summed E-state index contributed by atoms with van der Waals surface area (Å²) in [7, 11) is 0. The average molecular weight is 232 g/mol. The Morgan fingerprint density at radius 3 is 2.53 bits per heavy atom. The third-order valence-electron chi connectivity index (χ3n) is 3.86. The highest BCUT2D eigenvalue weighted by atomic mass is 15.1. The number of hydrogen-bond donors (Lipinski definition) is 1. The van der Waals surface area contributed by atoms with Gasteiger partial charge in [0.25, 0.3) is 0 Å². The van der Waals surface area contributed by atoms with Crippen LogP contribution in [-0.2, 0) is 6.54 Å². The van der Waals surface area contributed by atoms with Gasteiger partial charge in [-0.15, -0.1) is 0 Å². The van der Waals surface area contributed by atoms with Crippen molar-refractivity contribution in [2.75, 3.05) is 26.2 Å². The van der Waals surface area contributed by atoms with Crippen LogP contribution in [-0.4, -0.2) is 31.1 Å². The molecule has 0 aromatic heterocycles. The fourth-order valence-electron chi connectivity index (χ4n) is 2.42. The Balaban J connectivity index is 1.83. The summed E-state index contributed by atoms with van der Waals surface area (Å²) in [6, 6.07) is 10.8. The van der Waals surface area contributed by atoms with Crippen LogP contribution in [0.5, 0.6) is 0 Å². The Morgan fingerprint density at radius 2 is 2.00 bits per heavy atom. The monoisotopic (exact) mass is 232 g/mol. The van der Waals surface area contributed by atoms with Gasteiger partial charge in [0.1, 0.15) is 0 Å². The summed E-state index contributed by atoms with van der Waals surface area (Å²) in [5.74, 6) is 1.69. The predicted molar refractivity (Wildman–Crippen MR) is 72.9 cm³/mol. The van der Waals surface area contributed by atoms with Crippen LogP contribution in [0.3, 0.4) is 0 Å². The lowest BCUT2D eigenvalue weighted by atomic mass is 9.88. The normalized spacial score (nSPS) is 18.1. The summed E-state index contributed by atoms with van der Waals surface area (Å²) in [6.45, 7) is 10.5. The molecule has 0 radical (unpaired) electrons. The zero-order valence-electron chi connectivity index (χ0n) is 11.0. The quantitative estimate of drug-likeness (QED) is 0.810. The maximum Gasteiger partial charge on any atom is 0.0233 e. The molecule has 1 fully saturated rings. The number of benzene rings is 1. The summed E-state index contributed by atoms with van der Waals surface area (Å²) in [5, 5.41) is 3.36. The zero-order valence-corrected chi connectivity index (χ0v) is 11.0. The summed E-state index contributed by atoms with van der Waals surface area (Å²) >= 11 is 0. The molecular weight excluding hydrogens is 208 g/mol. The largest absolute Gasteiger partial charge is 0.316 e. The second-order valence-corrected chi connectivity index (χ2v) is 5.21. The van der Waals surface area contributed by atoms with Gasteiger partial charge in [-0.1, -0.05) is 44.2 Å². The minimum absolute atomic E-state index is 0.805. The average Bonchev–Trinajstić information content (AvgIpc) is 2.27. The number of hydrogen-bond acceptors (Lipinski definition) is 2. The fraction of sp³-hybridized carbons (Fsp3) is 0.600. The second kappa shape index (κ2) is 6.18. The van der Waals surface area contributed by atoms with Crippen LogP contribution in [0.15, 0.2) is 30.3 Å². The van der Waals surface area contributed by atoms with Crippen molar-refractivity contribution in [3.8, 4) is 0 Å². The van der Waals surface area contributed by atoms with Crippen LogP contribution in [0.25, 0.3) is 0 Å². The van der Waals surface area contributed by atoms with Gasteiger partial charge in [-0.3, -0.25) is 4.90 Å². The first-order chi connectivity index (χ1) is 8.29. The van der Waals surface area contributed by atoms with Crippen molar-refractivity contribution in [3.05, 3.63) is 35.9 Å². The predicted octanol–water partition coefficient (Wildman–Crippen LogP) is 2.36. The van der Waals surface area contributed by atoms with Crippen molar-refractivity contribution in [2.45, 2.75) is 20.4 Å². The molecule has 17 heavy (non-hydrogen) atoms. The van der Waals surface area contributed by atoms with Gasteiger partial charge in [-0.05, 0) is 37.0 Å². The van der Waals surface area contributed by atoms with E-state index in [2.05, 4.69) is 54.4 Å². The van der Waals surface area contributed by atoms with Gasteiger partial charge in [0, 0.05) is 13.1 Å². The Bertz CT molecular complexity index is 319. The highest BCUT2D eigenvalue weighted by Crippen LogP contribution is 2.18. The van der Waals surface area contributed by atoms with Gasteiger partial charge < -0.3 is 5.32 Å². The van der Waals surface area contributed by atoms with E-state index in [1.165, 1.54) is 25.2 Å². The van der Waals surface area contributed by atoms with Crippen LogP contribution in [0, 0.1) is 11.8 Å². The van der Waals surface area contributed by atoms with Gasteiger partial charge in [0.15, 0.2) is 0 Å². The number of rotatable bonds is 6. The Labute approximate surface area is 105 Å². The fourth-order valence-corrected chi connectivity index (χ4v) is 2.42. The smallest absolute Gasteiger partial charge is 0.0233 e. The molecule has 1 aromatic carbocycles. The molecule has 1 atom stereocenters. The molecule has 2 rings (SSSR count). The molecule has 1 N–H and O–H groups in total. The van der Waals surface area contributed by atoms with Crippen LogP contribution >= 0.6 is 0 Å². The lowest BCUT2D eigenvalue weighted by Gasteiger charge is -2.35. The van der Waals surface area contributed by atoms with Crippen LogP contribution in [0.1, 0.15) is 19.4 Å². The second-order valence-electron chi connectivity index (χ2n) is 5.21. The summed E-state index contributed by atoms with van der Waals surface area (Å²) in [4.78, 5) is 2.55. The van der Waals surface area contributed by atoms with E-state index in [0.717, 1.165) is 24.9 Å². The highest BCUT2D eigenvalue weighted by molar-refractivity contribution is 5.14. The highest BCUT2D eigenvalue weighted by Gasteiger charge is 2.24. The van der Waals surface area contributed by atoms with Gasteiger partial charge in [-0.25, -0.2) is 0 Å². The topological polar surface area (TPSA) is 15.3 Å². The molecule has 1 aromatic rings. The van der Waals surface area contributed by atoms with Crippen molar-refractivity contribution in [2.24, 2.45) is 11.8 Å². The van der Waals surface area contributed by atoms with Crippen LogP contribution in [0.2, 0.25) is 0 Å². The maximum absolute atomic E-state index is 3.36. The minimum Gasteiger partial charge on any atom is -0.316 e. The molecule has 0 amide bonds. The van der Waals surface area contributed by atoms with E-state index < -0.39 is 0 Å². The Kier molecular flexibility index (Phi) is 4.57. The molecule has 1 aliphatic rings. The third kappa shape index (κ3) is 3.55. The first kappa shape index (κ1) is 12.6. The molecule has 0 saturated carbocycles. The van der Waals surface area contributed by atoms with Gasteiger partial charge >= 0.3 is 0 Å². The SMILES string of the molecule is CCN(Cc1ccccc1)CC(C)C1CNC1. The van der Waals surface area contributed by atoms with E-state index in [1.54, 1.807) is 0 Å². The summed E-state index contributed by atoms with van der Waals surface area (Å²) in [6.07, 6.45) is 0. The summed E-state index contributed by atoms with van der Waals surface area (Å²) < 4.78 is 0. The van der Waals surface area contributed by atoms with Gasteiger partial charge in [0.2, 0.25) is 0 Å². The Morgan fingerprint density at radius 1 is 1.29 bits per heavy atom. The maximum atomic E-state index is 3.36. The van der Waals surface area contributed by atoms with Crippen LogP contribution < -0.4 is 5.32 Å². The Hall–Kier alpha value is -0.860. The molecule has 0 spiro atoms. The van der Waals surface area contributed by atoms with Crippen molar-refractivity contribution in [3.63, 3.8) is 0 Å². The molecule has 1 heterocycles. The molecule has 94 valence electrons. The van der Waals surface area contributed by atoms with E-state index in [0.29, 0.717) is 0 Å². The lowest BCUT2D eigenvalue weighted by molar-refractivity contribution is 0.166. The van der Waals surface area contributed by atoms with Crippen molar-refractivity contribution in [1.29, 1.82) is 0 Å². The third-order valence-corrected chi connectivity index (χ3v) is 3.86. The molecule has 1 saturated heterocycles. The zero-order chi connectivity index (χ0) is 12.1. The van der Waals surface area contributed by atoms with E-state index in [-0.39, 0.29) is 0 Å². The lowest BCUT2D eigenvalue weighted by Crippen LogP contribution is -2.48. The standard InChI is InChI=1S/C15H24N2/c1-3-17(11-13(2)15-9-16-10-15)12-14-7-5-4-6-8-14/h4-8,13,15-16H,3,9-12H2,1-2H3. The van der Waals surface area contributed by atoms with Gasteiger partial charge in [0.05, 0.1) is 0 Å². The van der Waals surface area contributed by atoms with Crippen molar-refractivity contribution < 1.29 is 0 Å². The molecule has 1 unspecified atom stereocenters. The van der Waals surface area contributed by atoms with E-state index >= 15 is 0 Å². The molecule has 2 heteroatoms. The van der Waals surface area contributed by atoms with E-state index in [9.17, 15) is 0 Å². The molecule has 0 bridgehead atoms. The molecule has 0 aliphatic carbocycles. The first-order valence-electron chi connectivity index (χ1n) is 6.76. The molecular formula is C15H24N2. The van der Waals surface area contributed by atoms with Crippen LogP contribution in [0.4, 0.5) is 0 Å². The number of nitrogens with zero attached hydrogens (tertiary/aromatic N) is 1. The molecule has 1 aliphatic heterocycles. The number of nitrogens with one attached hydrogen (secondary N) is 1. The molecule has 2 nitrogen and oxygen atoms in total.